The minimum absolute atomic E-state index is 0. The molecule has 3 nitrogen and oxygen atoms in total. The molecule has 6 aromatic rings. The molecule has 0 saturated carbocycles. The van der Waals surface area contributed by atoms with Gasteiger partial charge in [0.25, 0.3) is 0 Å². The van der Waals surface area contributed by atoms with Crippen LogP contribution in [0.15, 0.2) is 83.5 Å². The number of benzene rings is 3. The van der Waals surface area contributed by atoms with Crippen molar-refractivity contribution in [3.8, 4) is 22.5 Å². The molecule has 3 heterocycles. The average molecular weight is 816 g/mol. The number of furan rings is 1. The number of pyridine rings is 2. The van der Waals surface area contributed by atoms with Crippen LogP contribution in [0.1, 0.15) is 45.7 Å². The molecular formula is C37H37FGeIrN2O-2. The fourth-order valence-electron chi connectivity index (χ4n) is 4.76. The fraction of sp³-hybridized carbons (Fsp3) is 0.243. The largest absolute Gasteiger partial charge is 0 e. The van der Waals surface area contributed by atoms with Crippen molar-refractivity contribution in [2.75, 3.05) is 0 Å². The molecule has 6 rings (SSSR count). The first-order chi connectivity index (χ1) is 22.2. The predicted octanol–water partition coefficient (Wildman–Crippen LogP) is 9.59. The monoisotopic (exact) mass is 817 g/mol. The van der Waals surface area contributed by atoms with E-state index < -0.39 is 27.0 Å². The summed E-state index contributed by atoms with van der Waals surface area (Å²) >= 11 is -2.38. The van der Waals surface area contributed by atoms with Gasteiger partial charge in [-0.2, -0.15) is 0 Å². The summed E-state index contributed by atoms with van der Waals surface area (Å²) in [5, 5.41) is 1.26. The van der Waals surface area contributed by atoms with Crippen molar-refractivity contribution in [1.82, 2.24) is 9.97 Å². The first-order valence-electron chi connectivity index (χ1n) is 16.8. The van der Waals surface area contributed by atoms with E-state index in [9.17, 15) is 4.39 Å². The van der Waals surface area contributed by atoms with Crippen LogP contribution in [0.3, 0.4) is 0 Å². The van der Waals surface area contributed by atoms with Crippen molar-refractivity contribution in [2.45, 2.75) is 57.2 Å². The Bertz CT molecular complexity index is 2100. The third-order valence-electron chi connectivity index (χ3n) is 7.09. The summed E-state index contributed by atoms with van der Waals surface area (Å²) in [4.78, 5) is 8.89. The van der Waals surface area contributed by atoms with E-state index in [0.29, 0.717) is 33.4 Å². The number of fused-ring (bicyclic) bond motifs is 3. The molecule has 43 heavy (non-hydrogen) atoms. The van der Waals surface area contributed by atoms with Crippen molar-refractivity contribution in [2.24, 2.45) is 0 Å². The van der Waals surface area contributed by atoms with Crippen LogP contribution in [0, 0.1) is 31.7 Å². The number of aromatic nitrogens is 2. The van der Waals surface area contributed by atoms with Crippen molar-refractivity contribution in [3.05, 3.63) is 114 Å². The standard InChI is InChI=1S/C21H17FNO.C16H20GeN.Ir/c1-21(2,3)13-10-11-23-17(12-13)14-6-4-7-15-19-16(22)8-5-9-18(19)24-20(14)15;1-12-6-8-14(9-7-12)16-10-13(2)15(11-18-16)17(3,4)5;/h4-5,7-12H,1-3H3;6-8,10-11H,1-5H3;/q2*-1;/i;1D3,2D3;. The van der Waals surface area contributed by atoms with Gasteiger partial charge in [-0.3, -0.25) is 0 Å². The van der Waals surface area contributed by atoms with Crippen molar-refractivity contribution < 1.29 is 37.1 Å². The molecule has 223 valence electrons. The number of hydrogen-bond donors (Lipinski definition) is 0. The Morgan fingerprint density at radius 1 is 0.930 bits per heavy atom. The molecule has 6 heteroatoms. The Kier molecular flexibility index (Phi) is 7.54. The minimum Gasteiger partial charge on any atom is 0 e. The second-order valence-corrected chi connectivity index (χ2v) is 22.9. The van der Waals surface area contributed by atoms with Crippen LogP contribution in [0.25, 0.3) is 44.5 Å². The van der Waals surface area contributed by atoms with Gasteiger partial charge in [0, 0.05) is 31.7 Å². The van der Waals surface area contributed by atoms with E-state index in [1.807, 2.05) is 12.1 Å². The molecule has 0 amide bonds. The maximum absolute atomic E-state index is 14.2. The molecule has 1 radical (unpaired) electrons. The SMILES string of the molecule is CC(C)(C)c1ccnc(-c2[c-]ccc3c2oc2cccc(F)c23)c1.[2H]C([2H])([2H])c1c[c-]c(-c2cc(C([2H])([2H])[2H])[c]([Ge]([CH3])([CH3])[CH3])cn2)cc1.[Ir]. The molecule has 0 spiro atoms. The Hall–Kier alpha value is -3.12. The van der Waals surface area contributed by atoms with Gasteiger partial charge in [0.15, 0.2) is 0 Å². The van der Waals surface area contributed by atoms with E-state index in [2.05, 4.69) is 66.2 Å². The van der Waals surface area contributed by atoms with E-state index in [1.165, 1.54) is 23.8 Å². The van der Waals surface area contributed by atoms with Gasteiger partial charge in [0.1, 0.15) is 11.4 Å². The quantitative estimate of drug-likeness (QED) is 0.132. The summed E-state index contributed by atoms with van der Waals surface area (Å²) in [6.45, 7) is 2.09. The van der Waals surface area contributed by atoms with Gasteiger partial charge in [-0.05, 0) is 34.9 Å². The maximum atomic E-state index is 14.2. The Morgan fingerprint density at radius 3 is 2.42 bits per heavy atom. The summed E-state index contributed by atoms with van der Waals surface area (Å²) in [5.74, 6) is 6.11. The van der Waals surface area contributed by atoms with E-state index in [4.69, 9.17) is 12.6 Å². The zero-order chi connectivity index (χ0) is 35.2. The van der Waals surface area contributed by atoms with Crippen molar-refractivity contribution in [1.29, 1.82) is 0 Å². The normalized spacial score (nSPS) is 14.3. The third kappa shape index (κ3) is 7.17. The average Bonchev–Trinajstić information content (AvgIpc) is 3.40. The van der Waals surface area contributed by atoms with Crippen LogP contribution < -0.4 is 4.40 Å². The van der Waals surface area contributed by atoms with Crippen LogP contribution in [0.2, 0.25) is 17.3 Å². The van der Waals surface area contributed by atoms with Gasteiger partial charge in [0.05, 0.1) is 5.58 Å². The van der Waals surface area contributed by atoms with Crippen molar-refractivity contribution >= 4 is 39.6 Å². The van der Waals surface area contributed by atoms with Crippen LogP contribution in [0.5, 0.6) is 0 Å². The van der Waals surface area contributed by atoms with E-state index >= 15 is 0 Å². The Balaban J connectivity index is 0.000000216. The van der Waals surface area contributed by atoms with E-state index in [-0.39, 0.29) is 36.9 Å². The first-order valence-corrected chi connectivity index (χ1v) is 21.1. The zero-order valence-electron chi connectivity index (χ0n) is 31.0. The summed E-state index contributed by atoms with van der Waals surface area (Å²) in [7, 11) is 0. The van der Waals surface area contributed by atoms with Gasteiger partial charge in [-0.15, -0.1) is 18.2 Å². The minimum atomic E-state index is -2.38. The first kappa shape index (κ1) is 25.2. The molecule has 0 aliphatic rings. The molecule has 0 atom stereocenters. The Labute approximate surface area is 279 Å². The molecule has 0 aliphatic heterocycles. The second-order valence-electron chi connectivity index (χ2n) is 12.3. The third-order valence-corrected chi connectivity index (χ3v) is 11.3. The van der Waals surface area contributed by atoms with E-state index in [0.717, 1.165) is 21.0 Å². The van der Waals surface area contributed by atoms with Crippen LogP contribution in [-0.4, -0.2) is 23.2 Å². The fourth-order valence-corrected chi connectivity index (χ4v) is 7.55. The van der Waals surface area contributed by atoms with Crippen molar-refractivity contribution in [3.63, 3.8) is 0 Å². The van der Waals surface area contributed by atoms with Crippen LogP contribution in [0.4, 0.5) is 4.39 Å². The summed E-state index contributed by atoms with van der Waals surface area (Å²) in [6, 6.07) is 24.8. The number of rotatable bonds is 3. The molecule has 0 aliphatic carbocycles. The molecular weight excluding hydrogens is 772 g/mol. The summed E-state index contributed by atoms with van der Waals surface area (Å²) in [6.07, 6.45) is 3.47. The zero-order valence-corrected chi connectivity index (χ0v) is 29.5. The maximum Gasteiger partial charge on any atom is 0 e. The number of halogens is 1. The van der Waals surface area contributed by atoms with Crippen LogP contribution >= 0.6 is 0 Å². The topological polar surface area (TPSA) is 38.9 Å². The smallest absolute Gasteiger partial charge is 0 e. The summed E-state index contributed by atoms with van der Waals surface area (Å²) in [5.41, 5.74) is 5.52. The number of hydrogen-bond acceptors (Lipinski definition) is 3. The molecule has 0 unspecified atom stereocenters. The molecule has 0 bridgehead atoms. The second kappa shape index (κ2) is 12.9. The van der Waals surface area contributed by atoms with Gasteiger partial charge in [0.2, 0.25) is 0 Å². The van der Waals surface area contributed by atoms with Gasteiger partial charge >= 0.3 is 121 Å². The molecule has 0 saturated heterocycles. The van der Waals surface area contributed by atoms with Crippen LogP contribution in [-0.2, 0) is 25.5 Å². The van der Waals surface area contributed by atoms with E-state index in [1.54, 1.807) is 42.7 Å². The Morgan fingerprint density at radius 2 is 1.74 bits per heavy atom. The molecule has 3 aromatic heterocycles. The predicted molar refractivity (Wildman–Crippen MR) is 175 cm³/mol. The molecule has 0 fully saturated rings. The van der Waals surface area contributed by atoms with Gasteiger partial charge in [-0.1, -0.05) is 43.9 Å². The summed E-state index contributed by atoms with van der Waals surface area (Å²) < 4.78 is 66.6. The number of nitrogens with zero attached hydrogens (tertiary/aromatic N) is 2. The van der Waals surface area contributed by atoms with Gasteiger partial charge < -0.3 is 9.40 Å². The number of aryl methyl sites for hydroxylation is 2. The molecule has 3 aromatic carbocycles. The molecule has 0 N–H and O–H groups in total. The van der Waals surface area contributed by atoms with Gasteiger partial charge in [-0.25, -0.2) is 4.39 Å².